The lowest BCUT2D eigenvalue weighted by Gasteiger charge is -2.10. The van der Waals surface area contributed by atoms with Crippen LogP contribution in [-0.4, -0.2) is 0 Å². The van der Waals surface area contributed by atoms with Gasteiger partial charge in [-0.3, -0.25) is 0 Å². The van der Waals surface area contributed by atoms with Crippen molar-refractivity contribution in [2.24, 2.45) is 0 Å². The van der Waals surface area contributed by atoms with Gasteiger partial charge in [0.05, 0.1) is 9.30 Å². The van der Waals surface area contributed by atoms with Gasteiger partial charge in [-0.1, -0.05) is 22.0 Å². The highest BCUT2D eigenvalue weighted by Gasteiger charge is 2.14. The van der Waals surface area contributed by atoms with Crippen molar-refractivity contribution < 1.29 is 4.39 Å². The molecule has 0 saturated carbocycles. The van der Waals surface area contributed by atoms with Crippen LogP contribution < -0.4 is 0 Å². The van der Waals surface area contributed by atoms with Crippen molar-refractivity contribution in [1.82, 2.24) is 0 Å². The molecule has 2 rings (SSSR count). The number of hydrogen-bond donors (Lipinski definition) is 0. The zero-order chi connectivity index (χ0) is 11.7. The quantitative estimate of drug-likeness (QED) is 0.623. The van der Waals surface area contributed by atoms with Gasteiger partial charge in [0.1, 0.15) is 5.82 Å². The first-order valence-electron chi connectivity index (χ1n) is 4.71. The fourth-order valence-electron chi connectivity index (χ4n) is 1.48. The van der Waals surface area contributed by atoms with E-state index in [0.29, 0.717) is 4.47 Å². The molecule has 0 aliphatic heterocycles. The topological polar surface area (TPSA) is 0 Å². The Morgan fingerprint density at radius 3 is 2.62 bits per heavy atom. The molecule has 0 bridgehead atoms. The van der Waals surface area contributed by atoms with Crippen LogP contribution >= 0.6 is 43.2 Å². The smallest absolute Gasteiger partial charge is 0.137 e. The normalized spacial score (nSPS) is 12.8. The second kappa shape index (κ2) is 4.98. The van der Waals surface area contributed by atoms with Crippen LogP contribution in [0, 0.1) is 12.7 Å². The molecule has 0 N–H and O–H groups in total. The molecule has 0 aliphatic rings. The lowest BCUT2D eigenvalue weighted by Crippen LogP contribution is -1.93. The summed E-state index contributed by atoms with van der Waals surface area (Å²) in [6.45, 7) is 2.08. The second-order valence-corrected chi connectivity index (χ2v) is 6.06. The van der Waals surface area contributed by atoms with E-state index in [1.807, 2.05) is 6.07 Å². The highest BCUT2D eigenvalue weighted by molar-refractivity contribution is 9.10. The van der Waals surface area contributed by atoms with E-state index in [4.69, 9.17) is 0 Å². The molecule has 84 valence electrons. The van der Waals surface area contributed by atoms with Crippen molar-refractivity contribution >= 4 is 43.2 Å². The SMILES string of the molecule is Cc1cscc1C(Br)c1ccc(F)c(Br)c1. The molecule has 1 aromatic carbocycles. The second-order valence-electron chi connectivity index (χ2n) is 3.55. The highest BCUT2D eigenvalue weighted by Crippen LogP contribution is 2.35. The van der Waals surface area contributed by atoms with Gasteiger partial charge in [0, 0.05) is 0 Å². The molecule has 0 nitrogen and oxygen atoms in total. The van der Waals surface area contributed by atoms with E-state index in [2.05, 4.69) is 49.5 Å². The third-order valence-electron chi connectivity index (χ3n) is 2.40. The molecule has 0 amide bonds. The predicted molar refractivity (Wildman–Crippen MR) is 73.9 cm³/mol. The molecule has 0 radical (unpaired) electrons. The molecule has 0 fully saturated rings. The summed E-state index contributed by atoms with van der Waals surface area (Å²) in [5.41, 5.74) is 3.55. The fourth-order valence-corrected chi connectivity index (χ4v) is 3.71. The fraction of sp³-hybridized carbons (Fsp3) is 0.167. The first kappa shape index (κ1) is 12.3. The molecule has 0 aliphatic carbocycles. The van der Waals surface area contributed by atoms with Gasteiger partial charge in [-0.15, -0.1) is 0 Å². The summed E-state index contributed by atoms with van der Waals surface area (Å²) in [5.74, 6) is -0.231. The van der Waals surface area contributed by atoms with Crippen LogP contribution in [0.4, 0.5) is 4.39 Å². The van der Waals surface area contributed by atoms with E-state index < -0.39 is 0 Å². The largest absolute Gasteiger partial charge is 0.206 e. The van der Waals surface area contributed by atoms with Crippen molar-refractivity contribution in [3.63, 3.8) is 0 Å². The van der Waals surface area contributed by atoms with E-state index in [9.17, 15) is 4.39 Å². The minimum atomic E-state index is -0.231. The summed E-state index contributed by atoms with van der Waals surface area (Å²) in [6.07, 6.45) is 0. The van der Waals surface area contributed by atoms with Crippen molar-refractivity contribution in [3.05, 3.63) is 55.9 Å². The van der Waals surface area contributed by atoms with Crippen LogP contribution in [0.3, 0.4) is 0 Å². The van der Waals surface area contributed by atoms with Crippen molar-refractivity contribution in [2.75, 3.05) is 0 Å². The van der Waals surface area contributed by atoms with Gasteiger partial charge in [0.15, 0.2) is 0 Å². The lowest BCUT2D eigenvalue weighted by atomic mass is 10.0. The van der Waals surface area contributed by atoms with E-state index >= 15 is 0 Å². The maximum absolute atomic E-state index is 13.1. The Labute approximate surface area is 115 Å². The number of aryl methyl sites for hydroxylation is 1. The zero-order valence-corrected chi connectivity index (χ0v) is 12.5. The van der Waals surface area contributed by atoms with E-state index in [0.717, 1.165) is 5.56 Å². The van der Waals surface area contributed by atoms with Gasteiger partial charge >= 0.3 is 0 Å². The Morgan fingerprint density at radius 2 is 2.06 bits per heavy atom. The molecular weight excluding hydrogens is 355 g/mol. The standard InChI is InChI=1S/C12H9Br2FS/c1-7-5-16-6-9(7)12(14)8-2-3-11(15)10(13)4-8/h2-6,12H,1H3. The summed E-state index contributed by atoms with van der Waals surface area (Å²) in [7, 11) is 0. The molecule has 2 aromatic rings. The van der Waals surface area contributed by atoms with Crippen LogP contribution in [-0.2, 0) is 0 Å². The third-order valence-corrected chi connectivity index (χ3v) is 4.91. The van der Waals surface area contributed by atoms with Gasteiger partial charge in [-0.25, -0.2) is 4.39 Å². The summed E-state index contributed by atoms with van der Waals surface area (Å²) < 4.78 is 13.6. The monoisotopic (exact) mass is 362 g/mol. The molecular formula is C12H9Br2FS. The zero-order valence-electron chi connectivity index (χ0n) is 8.51. The summed E-state index contributed by atoms with van der Waals surface area (Å²) in [4.78, 5) is 0.121. The Bertz CT molecular complexity index is 507. The summed E-state index contributed by atoms with van der Waals surface area (Å²) in [5, 5.41) is 4.23. The number of thiophene rings is 1. The van der Waals surface area contributed by atoms with Gasteiger partial charge < -0.3 is 0 Å². The number of halogens is 3. The minimum absolute atomic E-state index is 0.121. The molecule has 1 atom stereocenters. The van der Waals surface area contributed by atoms with Crippen molar-refractivity contribution in [2.45, 2.75) is 11.8 Å². The highest BCUT2D eigenvalue weighted by atomic mass is 79.9. The van der Waals surface area contributed by atoms with E-state index in [1.165, 1.54) is 17.2 Å². The maximum atomic E-state index is 13.1. The Morgan fingerprint density at radius 1 is 1.31 bits per heavy atom. The van der Waals surface area contributed by atoms with Crippen LogP contribution in [0.2, 0.25) is 0 Å². The Hall–Kier alpha value is -0.190. The van der Waals surface area contributed by atoms with Gasteiger partial charge in [0.2, 0.25) is 0 Å². The number of rotatable bonds is 2. The molecule has 1 heterocycles. The molecule has 16 heavy (non-hydrogen) atoms. The Balaban J connectivity index is 2.38. The van der Waals surface area contributed by atoms with Gasteiger partial charge in [-0.05, 0) is 62.4 Å². The number of benzene rings is 1. The van der Waals surface area contributed by atoms with Crippen molar-refractivity contribution in [1.29, 1.82) is 0 Å². The molecule has 1 aromatic heterocycles. The predicted octanol–water partition coefficient (Wildman–Crippen LogP) is 5.44. The molecule has 4 heteroatoms. The van der Waals surface area contributed by atoms with Crippen LogP contribution in [0.1, 0.15) is 21.5 Å². The van der Waals surface area contributed by atoms with Gasteiger partial charge in [-0.2, -0.15) is 11.3 Å². The average molecular weight is 364 g/mol. The van der Waals surface area contributed by atoms with Crippen LogP contribution in [0.15, 0.2) is 33.4 Å². The lowest BCUT2D eigenvalue weighted by molar-refractivity contribution is 0.620. The summed E-state index contributed by atoms with van der Waals surface area (Å²) >= 11 is 8.53. The molecule has 1 unspecified atom stereocenters. The first-order chi connectivity index (χ1) is 7.59. The number of alkyl halides is 1. The maximum Gasteiger partial charge on any atom is 0.137 e. The minimum Gasteiger partial charge on any atom is -0.206 e. The molecule has 0 saturated heterocycles. The van der Waals surface area contributed by atoms with E-state index in [-0.39, 0.29) is 10.6 Å². The number of hydrogen-bond acceptors (Lipinski definition) is 1. The average Bonchev–Trinajstić information content (AvgIpc) is 2.67. The van der Waals surface area contributed by atoms with E-state index in [1.54, 1.807) is 17.4 Å². The third kappa shape index (κ3) is 2.39. The van der Waals surface area contributed by atoms with Crippen LogP contribution in [0.25, 0.3) is 0 Å². The molecule has 0 spiro atoms. The van der Waals surface area contributed by atoms with Crippen molar-refractivity contribution in [3.8, 4) is 0 Å². The van der Waals surface area contributed by atoms with Gasteiger partial charge in [0.25, 0.3) is 0 Å². The summed E-state index contributed by atoms with van der Waals surface area (Å²) in [6, 6.07) is 5.10. The first-order valence-corrected chi connectivity index (χ1v) is 7.36. The Kier molecular flexibility index (Phi) is 3.82. The van der Waals surface area contributed by atoms with Crippen LogP contribution in [0.5, 0.6) is 0 Å².